The van der Waals surface area contributed by atoms with Gasteiger partial charge in [-0.3, -0.25) is 4.79 Å². The van der Waals surface area contributed by atoms with Gasteiger partial charge in [0.15, 0.2) is 0 Å². The van der Waals surface area contributed by atoms with Gasteiger partial charge in [0, 0.05) is 11.1 Å². The van der Waals surface area contributed by atoms with Gasteiger partial charge in [-0.05, 0) is 45.7 Å². The maximum Gasteiger partial charge on any atom is 0.226 e. The Morgan fingerprint density at radius 3 is 2.75 bits per heavy atom. The van der Waals surface area contributed by atoms with Crippen molar-refractivity contribution in [2.75, 3.05) is 13.1 Å². The summed E-state index contributed by atoms with van der Waals surface area (Å²) in [5.74, 6) is 0.197. The summed E-state index contributed by atoms with van der Waals surface area (Å²) in [5.41, 5.74) is -0.190. The molecule has 112 valence electrons. The van der Waals surface area contributed by atoms with Gasteiger partial charge in [-0.25, -0.2) is 4.98 Å². The average molecular weight is 295 g/mol. The molecule has 1 aliphatic rings. The van der Waals surface area contributed by atoms with E-state index in [2.05, 4.69) is 29.5 Å². The van der Waals surface area contributed by atoms with E-state index in [0.29, 0.717) is 0 Å². The Morgan fingerprint density at radius 1 is 1.50 bits per heavy atom. The van der Waals surface area contributed by atoms with Crippen molar-refractivity contribution in [3.8, 4) is 0 Å². The number of amides is 1. The molecule has 0 bridgehead atoms. The molecule has 0 radical (unpaired) electrons. The van der Waals surface area contributed by atoms with E-state index in [1.54, 1.807) is 11.3 Å². The first-order valence-electron chi connectivity index (χ1n) is 7.57. The van der Waals surface area contributed by atoms with E-state index in [1.807, 2.05) is 13.1 Å². The monoisotopic (exact) mass is 295 g/mol. The third-order valence-electron chi connectivity index (χ3n) is 4.36. The zero-order valence-electron chi connectivity index (χ0n) is 12.7. The molecule has 1 aliphatic heterocycles. The lowest BCUT2D eigenvalue weighted by Gasteiger charge is -2.36. The molecule has 1 saturated heterocycles. The van der Waals surface area contributed by atoms with Crippen molar-refractivity contribution in [3.05, 3.63) is 16.1 Å². The molecule has 0 saturated carbocycles. The molecule has 2 heterocycles. The minimum atomic E-state index is -0.190. The SMILES string of the molecule is CCc1cnc(C(C)NC(=O)C2(CC)CCNCC2)s1. The minimum Gasteiger partial charge on any atom is -0.347 e. The first kappa shape index (κ1) is 15.4. The number of piperidine rings is 1. The Kier molecular flexibility index (Phi) is 5.16. The van der Waals surface area contributed by atoms with Crippen molar-refractivity contribution in [1.29, 1.82) is 0 Å². The maximum absolute atomic E-state index is 12.6. The van der Waals surface area contributed by atoms with Crippen LogP contribution >= 0.6 is 11.3 Å². The number of aryl methyl sites for hydroxylation is 1. The van der Waals surface area contributed by atoms with Crippen LogP contribution in [0.4, 0.5) is 0 Å². The topological polar surface area (TPSA) is 54.0 Å². The van der Waals surface area contributed by atoms with Crippen LogP contribution in [0.1, 0.15) is 56.0 Å². The second kappa shape index (κ2) is 6.68. The van der Waals surface area contributed by atoms with Crippen molar-refractivity contribution >= 4 is 17.2 Å². The zero-order chi connectivity index (χ0) is 14.6. The Bertz CT molecular complexity index is 452. The maximum atomic E-state index is 12.6. The van der Waals surface area contributed by atoms with Gasteiger partial charge in [-0.1, -0.05) is 13.8 Å². The van der Waals surface area contributed by atoms with Gasteiger partial charge >= 0.3 is 0 Å². The molecule has 5 heteroatoms. The molecule has 4 nitrogen and oxygen atoms in total. The van der Waals surface area contributed by atoms with Crippen molar-refractivity contribution in [2.45, 2.75) is 52.5 Å². The van der Waals surface area contributed by atoms with Crippen LogP contribution in [0.25, 0.3) is 0 Å². The number of carbonyl (C=O) groups is 1. The van der Waals surface area contributed by atoms with Crippen LogP contribution in [0.5, 0.6) is 0 Å². The number of thiazole rings is 1. The Hall–Kier alpha value is -0.940. The highest BCUT2D eigenvalue weighted by atomic mass is 32.1. The summed E-state index contributed by atoms with van der Waals surface area (Å²) in [6, 6.07) is 0.00566. The van der Waals surface area contributed by atoms with Crippen LogP contribution in [-0.2, 0) is 11.2 Å². The van der Waals surface area contributed by atoms with Gasteiger partial charge < -0.3 is 10.6 Å². The van der Waals surface area contributed by atoms with Gasteiger partial charge in [0.25, 0.3) is 0 Å². The predicted octanol–water partition coefficient (Wildman–Crippen LogP) is 2.66. The number of hydrogen-bond donors (Lipinski definition) is 2. The number of nitrogens with zero attached hydrogens (tertiary/aromatic N) is 1. The molecular weight excluding hydrogens is 270 g/mol. The van der Waals surface area contributed by atoms with Crippen LogP contribution in [0.3, 0.4) is 0 Å². The van der Waals surface area contributed by atoms with Crippen LogP contribution in [0, 0.1) is 5.41 Å². The lowest BCUT2D eigenvalue weighted by atomic mass is 9.75. The van der Waals surface area contributed by atoms with Gasteiger partial charge in [-0.2, -0.15) is 0 Å². The summed E-state index contributed by atoms with van der Waals surface area (Å²) in [6.45, 7) is 8.15. The van der Waals surface area contributed by atoms with Crippen LogP contribution in [0.15, 0.2) is 6.20 Å². The minimum absolute atomic E-state index is 0.00566. The van der Waals surface area contributed by atoms with Crippen molar-refractivity contribution < 1.29 is 4.79 Å². The molecule has 2 rings (SSSR count). The van der Waals surface area contributed by atoms with Gasteiger partial charge in [0.05, 0.1) is 11.5 Å². The van der Waals surface area contributed by atoms with Crippen LogP contribution in [0.2, 0.25) is 0 Å². The van der Waals surface area contributed by atoms with Crippen molar-refractivity contribution in [3.63, 3.8) is 0 Å². The van der Waals surface area contributed by atoms with Crippen molar-refractivity contribution in [1.82, 2.24) is 15.6 Å². The standard InChI is InChI=1S/C15H25N3OS/c1-4-12-10-17-13(20-12)11(3)18-14(19)15(5-2)6-8-16-9-7-15/h10-11,16H,4-9H2,1-3H3,(H,18,19). The normalized spacial score (nSPS) is 19.6. The summed E-state index contributed by atoms with van der Waals surface area (Å²) >= 11 is 1.70. The molecule has 0 aliphatic carbocycles. The van der Waals surface area contributed by atoms with Crippen molar-refractivity contribution in [2.24, 2.45) is 5.41 Å². The zero-order valence-corrected chi connectivity index (χ0v) is 13.5. The third-order valence-corrected chi connectivity index (χ3v) is 5.68. The van der Waals surface area contributed by atoms with E-state index in [0.717, 1.165) is 43.8 Å². The summed E-state index contributed by atoms with van der Waals surface area (Å²) in [4.78, 5) is 18.3. The average Bonchev–Trinajstić information content (AvgIpc) is 2.97. The van der Waals surface area contributed by atoms with Crippen LogP contribution in [-0.4, -0.2) is 24.0 Å². The lowest BCUT2D eigenvalue weighted by Crippen LogP contribution is -2.47. The second-order valence-corrected chi connectivity index (χ2v) is 6.74. The smallest absolute Gasteiger partial charge is 0.226 e. The fourth-order valence-corrected chi connectivity index (χ4v) is 3.60. The summed E-state index contributed by atoms with van der Waals surface area (Å²) in [6.07, 6.45) is 5.69. The number of aromatic nitrogens is 1. The van der Waals surface area contributed by atoms with E-state index in [-0.39, 0.29) is 17.4 Å². The molecule has 1 unspecified atom stereocenters. The Balaban J connectivity index is 2.02. The quantitative estimate of drug-likeness (QED) is 0.878. The van der Waals surface area contributed by atoms with E-state index in [9.17, 15) is 4.79 Å². The molecule has 1 amide bonds. The summed E-state index contributed by atoms with van der Waals surface area (Å²) in [7, 11) is 0. The number of hydrogen-bond acceptors (Lipinski definition) is 4. The molecule has 2 N–H and O–H groups in total. The van der Waals surface area contributed by atoms with E-state index in [4.69, 9.17) is 0 Å². The van der Waals surface area contributed by atoms with Gasteiger partial charge in [0.1, 0.15) is 5.01 Å². The molecule has 1 aromatic heterocycles. The van der Waals surface area contributed by atoms with E-state index in [1.165, 1.54) is 4.88 Å². The fraction of sp³-hybridized carbons (Fsp3) is 0.733. The Morgan fingerprint density at radius 2 is 2.20 bits per heavy atom. The van der Waals surface area contributed by atoms with Gasteiger partial charge in [0.2, 0.25) is 5.91 Å². The summed E-state index contributed by atoms with van der Waals surface area (Å²) < 4.78 is 0. The first-order chi connectivity index (χ1) is 9.61. The second-order valence-electron chi connectivity index (χ2n) is 5.60. The summed E-state index contributed by atoms with van der Waals surface area (Å²) in [5, 5.41) is 7.52. The number of nitrogens with one attached hydrogen (secondary N) is 2. The van der Waals surface area contributed by atoms with Crippen LogP contribution < -0.4 is 10.6 Å². The molecule has 1 fully saturated rings. The molecule has 0 spiro atoms. The highest BCUT2D eigenvalue weighted by Gasteiger charge is 2.38. The number of rotatable bonds is 5. The first-order valence-corrected chi connectivity index (χ1v) is 8.39. The highest BCUT2D eigenvalue weighted by molar-refractivity contribution is 7.11. The molecule has 1 aromatic rings. The molecular formula is C15H25N3OS. The molecule has 20 heavy (non-hydrogen) atoms. The van der Waals surface area contributed by atoms with E-state index < -0.39 is 0 Å². The largest absolute Gasteiger partial charge is 0.347 e. The van der Waals surface area contributed by atoms with Gasteiger partial charge in [-0.15, -0.1) is 11.3 Å². The number of carbonyl (C=O) groups excluding carboxylic acids is 1. The van der Waals surface area contributed by atoms with E-state index >= 15 is 0 Å². The molecule has 1 atom stereocenters. The fourth-order valence-electron chi connectivity index (χ4n) is 2.74. The predicted molar refractivity (Wildman–Crippen MR) is 82.9 cm³/mol. The lowest BCUT2D eigenvalue weighted by molar-refractivity contribution is -0.133. The third kappa shape index (κ3) is 3.20. The molecule has 0 aromatic carbocycles. The highest BCUT2D eigenvalue weighted by Crippen LogP contribution is 2.33. The Labute approximate surface area is 125 Å².